The molecule has 1 rings (SSSR count). The quantitative estimate of drug-likeness (QED) is 0.660. The molecule has 6 heteroatoms. The summed E-state index contributed by atoms with van der Waals surface area (Å²) in [5.74, 6) is -0.607. The zero-order chi connectivity index (χ0) is 11.5. The van der Waals surface area contributed by atoms with Crippen molar-refractivity contribution < 1.29 is 17.9 Å². The third-order valence-corrected chi connectivity index (χ3v) is 3.32. The normalized spacial score (nSPS) is 21.5. The number of hydrogen-bond acceptors (Lipinski definition) is 4. The van der Waals surface area contributed by atoms with Crippen LogP contribution >= 0.6 is 0 Å². The summed E-state index contributed by atoms with van der Waals surface area (Å²) in [6.07, 6.45) is 4.62. The van der Waals surface area contributed by atoms with Crippen LogP contribution < -0.4 is 0 Å². The van der Waals surface area contributed by atoms with E-state index in [2.05, 4.69) is 0 Å². The first-order valence-corrected chi connectivity index (χ1v) is 6.61. The van der Waals surface area contributed by atoms with Gasteiger partial charge in [-0.05, 0) is 13.3 Å². The molecule has 0 radical (unpaired) electrons. The Kier molecular flexibility index (Phi) is 3.73. The van der Waals surface area contributed by atoms with Crippen molar-refractivity contribution in [1.82, 2.24) is 4.31 Å². The van der Waals surface area contributed by atoms with Crippen LogP contribution in [0.5, 0.6) is 0 Å². The Morgan fingerprint density at radius 2 is 2.27 bits per heavy atom. The highest BCUT2D eigenvalue weighted by atomic mass is 32.2. The average molecular weight is 233 g/mol. The van der Waals surface area contributed by atoms with Gasteiger partial charge in [-0.2, -0.15) is 0 Å². The van der Waals surface area contributed by atoms with Crippen molar-refractivity contribution >= 4 is 16.0 Å². The van der Waals surface area contributed by atoms with Crippen LogP contribution in [0.25, 0.3) is 0 Å². The van der Waals surface area contributed by atoms with Gasteiger partial charge < -0.3 is 4.74 Å². The lowest BCUT2D eigenvalue weighted by Gasteiger charge is -2.24. The molecule has 0 amide bonds. The number of nitrogens with zero attached hydrogens (tertiary/aromatic N) is 1. The molecule has 15 heavy (non-hydrogen) atoms. The van der Waals surface area contributed by atoms with E-state index in [9.17, 15) is 13.2 Å². The lowest BCUT2D eigenvalue weighted by molar-refractivity contribution is -0.146. The van der Waals surface area contributed by atoms with Crippen LogP contribution in [-0.4, -0.2) is 38.1 Å². The second kappa shape index (κ2) is 4.65. The van der Waals surface area contributed by atoms with Crippen LogP contribution in [0.4, 0.5) is 0 Å². The monoisotopic (exact) mass is 233 g/mol. The first-order chi connectivity index (χ1) is 6.95. The lowest BCUT2D eigenvalue weighted by Crippen LogP contribution is -2.32. The molecule has 0 fully saturated rings. The second-order valence-corrected chi connectivity index (χ2v) is 5.30. The molecule has 1 atom stereocenters. The van der Waals surface area contributed by atoms with E-state index in [4.69, 9.17) is 4.74 Å². The predicted molar refractivity (Wildman–Crippen MR) is 55.4 cm³/mol. The maximum atomic E-state index is 11.3. The number of sulfonamides is 1. The first kappa shape index (κ1) is 12.0. The molecule has 1 unspecified atom stereocenters. The summed E-state index contributed by atoms with van der Waals surface area (Å²) < 4.78 is 28.4. The lowest BCUT2D eigenvalue weighted by atomic mass is 10.0. The van der Waals surface area contributed by atoms with Gasteiger partial charge in [0.05, 0.1) is 18.8 Å². The number of hydrogen-bond donors (Lipinski definition) is 0. The number of carbonyl (C=O) groups is 1. The molecule has 1 aliphatic heterocycles. The number of ether oxygens (including phenoxy) is 1. The summed E-state index contributed by atoms with van der Waals surface area (Å²) in [4.78, 5) is 11.3. The van der Waals surface area contributed by atoms with E-state index < -0.39 is 10.0 Å². The molecule has 0 aromatic heterocycles. The van der Waals surface area contributed by atoms with Crippen LogP contribution in [0.2, 0.25) is 0 Å². The van der Waals surface area contributed by atoms with Gasteiger partial charge in [0.25, 0.3) is 0 Å². The summed E-state index contributed by atoms with van der Waals surface area (Å²) in [6.45, 7) is 2.42. The standard InChI is InChI=1S/C9H15NO4S/c1-3-14-9(11)8-4-6-10(7-5-8)15(2,12)13/h4,6,8H,3,5,7H2,1-2H3. The Hall–Kier alpha value is -1.04. The fourth-order valence-electron chi connectivity index (χ4n) is 1.36. The van der Waals surface area contributed by atoms with E-state index in [0.717, 1.165) is 6.26 Å². The molecular weight excluding hydrogens is 218 g/mol. The number of rotatable bonds is 3. The maximum absolute atomic E-state index is 11.3. The van der Waals surface area contributed by atoms with Crippen molar-refractivity contribution in [1.29, 1.82) is 0 Å². The minimum absolute atomic E-state index is 0.290. The van der Waals surface area contributed by atoms with Crippen molar-refractivity contribution in [2.45, 2.75) is 13.3 Å². The molecule has 0 spiro atoms. The summed E-state index contributed by atoms with van der Waals surface area (Å²) >= 11 is 0. The Bertz CT molecular complexity index is 360. The van der Waals surface area contributed by atoms with Gasteiger partial charge in [0.15, 0.2) is 0 Å². The molecule has 1 aliphatic rings. The minimum atomic E-state index is -3.19. The van der Waals surface area contributed by atoms with Crippen molar-refractivity contribution in [3.05, 3.63) is 12.3 Å². The van der Waals surface area contributed by atoms with Gasteiger partial charge in [-0.3, -0.25) is 9.10 Å². The van der Waals surface area contributed by atoms with Crippen LogP contribution in [-0.2, 0) is 19.6 Å². The van der Waals surface area contributed by atoms with Crippen LogP contribution in [0.15, 0.2) is 12.3 Å². The highest BCUT2D eigenvalue weighted by Crippen LogP contribution is 2.17. The number of esters is 1. The first-order valence-electron chi connectivity index (χ1n) is 4.77. The van der Waals surface area contributed by atoms with Crippen LogP contribution in [0.1, 0.15) is 13.3 Å². The molecule has 86 valence electrons. The van der Waals surface area contributed by atoms with Gasteiger partial charge in [0.1, 0.15) is 0 Å². The molecular formula is C9H15NO4S. The van der Waals surface area contributed by atoms with Crippen LogP contribution in [0, 0.1) is 5.92 Å². The Balaban J connectivity index is 2.63. The predicted octanol–water partition coefficient (Wildman–Crippen LogP) is 0.345. The van der Waals surface area contributed by atoms with Crippen molar-refractivity contribution in [2.75, 3.05) is 19.4 Å². The molecule has 0 aromatic rings. The zero-order valence-corrected chi connectivity index (χ0v) is 9.66. The van der Waals surface area contributed by atoms with E-state index in [1.54, 1.807) is 13.0 Å². The van der Waals surface area contributed by atoms with Gasteiger partial charge in [0, 0.05) is 12.7 Å². The Labute approximate surface area is 89.8 Å². The van der Waals surface area contributed by atoms with E-state index in [-0.39, 0.29) is 11.9 Å². The zero-order valence-electron chi connectivity index (χ0n) is 8.84. The van der Waals surface area contributed by atoms with E-state index >= 15 is 0 Å². The van der Waals surface area contributed by atoms with Crippen molar-refractivity contribution in [3.63, 3.8) is 0 Å². The summed E-state index contributed by atoms with van der Waals surface area (Å²) in [7, 11) is -3.19. The highest BCUT2D eigenvalue weighted by molar-refractivity contribution is 7.88. The Morgan fingerprint density at radius 3 is 2.67 bits per heavy atom. The topological polar surface area (TPSA) is 63.7 Å². The van der Waals surface area contributed by atoms with E-state index in [0.29, 0.717) is 19.6 Å². The summed E-state index contributed by atoms with van der Waals surface area (Å²) in [5.41, 5.74) is 0. The van der Waals surface area contributed by atoms with Crippen LogP contribution in [0.3, 0.4) is 0 Å². The molecule has 5 nitrogen and oxygen atoms in total. The molecule has 0 bridgehead atoms. The van der Waals surface area contributed by atoms with Gasteiger partial charge in [-0.25, -0.2) is 8.42 Å². The van der Waals surface area contributed by atoms with Crippen molar-refractivity contribution in [2.24, 2.45) is 5.92 Å². The average Bonchev–Trinajstić information content (AvgIpc) is 2.17. The number of carbonyl (C=O) groups excluding carboxylic acids is 1. The second-order valence-electron chi connectivity index (χ2n) is 3.36. The third kappa shape index (κ3) is 3.23. The fraction of sp³-hybridized carbons (Fsp3) is 0.667. The SMILES string of the molecule is CCOC(=O)C1C=CN(S(C)(=O)=O)CC1. The smallest absolute Gasteiger partial charge is 0.312 e. The third-order valence-electron chi connectivity index (χ3n) is 2.16. The highest BCUT2D eigenvalue weighted by Gasteiger charge is 2.24. The molecule has 0 aliphatic carbocycles. The van der Waals surface area contributed by atoms with E-state index in [1.165, 1.54) is 10.5 Å². The summed E-state index contributed by atoms with van der Waals surface area (Å²) in [5, 5.41) is 0. The Morgan fingerprint density at radius 1 is 1.60 bits per heavy atom. The van der Waals surface area contributed by atoms with Gasteiger partial charge >= 0.3 is 5.97 Å². The van der Waals surface area contributed by atoms with Crippen molar-refractivity contribution in [3.8, 4) is 0 Å². The largest absolute Gasteiger partial charge is 0.466 e. The minimum Gasteiger partial charge on any atom is -0.466 e. The molecule has 1 heterocycles. The molecule has 0 aromatic carbocycles. The molecule has 0 saturated carbocycles. The van der Waals surface area contributed by atoms with Gasteiger partial charge in [-0.15, -0.1) is 0 Å². The maximum Gasteiger partial charge on any atom is 0.312 e. The fourth-order valence-corrected chi connectivity index (χ4v) is 2.09. The van der Waals surface area contributed by atoms with Gasteiger partial charge in [-0.1, -0.05) is 6.08 Å². The molecule has 0 N–H and O–H groups in total. The van der Waals surface area contributed by atoms with Gasteiger partial charge in [0.2, 0.25) is 10.0 Å². The molecule has 0 saturated heterocycles. The summed E-state index contributed by atoms with van der Waals surface area (Å²) in [6, 6.07) is 0. The van der Waals surface area contributed by atoms with E-state index in [1.807, 2.05) is 0 Å².